The Hall–Kier alpha value is -2.31. The second kappa shape index (κ2) is 7.93. The topological polar surface area (TPSA) is 59.6 Å². The van der Waals surface area contributed by atoms with Crippen LogP contribution < -0.4 is 20.1 Å². The maximum Gasteiger partial charge on any atom is 0.260 e. The van der Waals surface area contributed by atoms with Crippen LogP contribution in [0, 0.1) is 6.92 Å². The molecule has 0 radical (unpaired) electrons. The number of methoxy groups -OCH3 is 2. The van der Waals surface area contributed by atoms with E-state index in [1.807, 2.05) is 25.1 Å². The molecule has 1 fully saturated rings. The minimum Gasteiger partial charge on any atom is -0.496 e. The first-order chi connectivity index (χ1) is 12.5. The molecule has 1 unspecified atom stereocenters. The zero-order valence-electron chi connectivity index (χ0n) is 14.6. The zero-order chi connectivity index (χ0) is 18.7. The van der Waals surface area contributed by atoms with Gasteiger partial charge < -0.3 is 20.1 Å². The van der Waals surface area contributed by atoms with Gasteiger partial charge in [0.1, 0.15) is 11.5 Å². The largest absolute Gasteiger partial charge is 0.496 e. The van der Waals surface area contributed by atoms with E-state index in [4.69, 9.17) is 21.1 Å². The van der Waals surface area contributed by atoms with E-state index in [0.717, 1.165) is 22.6 Å². The number of ether oxygens (including phenoxy) is 2. The Bertz CT molecular complexity index is 870. The van der Waals surface area contributed by atoms with Crippen LogP contribution in [0.4, 0.5) is 5.69 Å². The molecule has 26 heavy (non-hydrogen) atoms. The molecule has 2 N–H and O–H groups in total. The van der Waals surface area contributed by atoms with Crippen LogP contribution in [0.15, 0.2) is 41.3 Å². The smallest absolute Gasteiger partial charge is 0.260 e. The van der Waals surface area contributed by atoms with E-state index in [9.17, 15) is 4.79 Å². The van der Waals surface area contributed by atoms with Crippen molar-refractivity contribution in [3.63, 3.8) is 0 Å². The molecule has 136 valence electrons. The second-order valence-corrected chi connectivity index (χ2v) is 7.30. The summed E-state index contributed by atoms with van der Waals surface area (Å²) in [6, 6.07) is 11.1. The van der Waals surface area contributed by atoms with Gasteiger partial charge in [0.05, 0.1) is 24.8 Å². The Morgan fingerprint density at radius 1 is 1.15 bits per heavy atom. The van der Waals surface area contributed by atoms with Crippen LogP contribution in [0.2, 0.25) is 5.02 Å². The summed E-state index contributed by atoms with van der Waals surface area (Å²) in [5.41, 5.74) is 2.38. The number of hydrogen-bond acceptors (Lipinski definition) is 5. The second-order valence-electron chi connectivity index (χ2n) is 5.71. The number of hydrogen-bond donors (Lipinski definition) is 2. The summed E-state index contributed by atoms with van der Waals surface area (Å²) >= 11 is 7.46. The molecule has 1 heterocycles. The SMILES string of the molecule is COc1ccc(Cl)cc1/C=C1\SC(Nc2cc(C)ccc2OC)NC1=O. The summed E-state index contributed by atoms with van der Waals surface area (Å²) in [7, 11) is 3.20. The van der Waals surface area contributed by atoms with Crippen molar-refractivity contribution in [3.8, 4) is 11.5 Å². The summed E-state index contributed by atoms with van der Waals surface area (Å²) in [5, 5.41) is 6.79. The van der Waals surface area contributed by atoms with Gasteiger partial charge in [-0.2, -0.15) is 0 Å². The van der Waals surface area contributed by atoms with Crippen molar-refractivity contribution in [1.29, 1.82) is 0 Å². The number of carbonyl (C=O) groups is 1. The molecular weight excluding hydrogens is 372 g/mol. The van der Waals surface area contributed by atoms with Crippen molar-refractivity contribution in [2.45, 2.75) is 12.4 Å². The maximum atomic E-state index is 12.3. The molecule has 1 aliphatic rings. The van der Waals surface area contributed by atoms with E-state index in [1.165, 1.54) is 11.8 Å². The lowest BCUT2D eigenvalue weighted by atomic mass is 10.2. The van der Waals surface area contributed by atoms with E-state index >= 15 is 0 Å². The normalized spacial score (nSPS) is 17.9. The Labute approximate surface area is 161 Å². The van der Waals surface area contributed by atoms with Gasteiger partial charge in [0.15, 0.2) is 5.50 Å². The lowest BCUT2D eigenvalue weighted by Crippen LogP contribution is -2.31. The van der Waals surface area contributed by atoms with Crippen molar-refractivity contribution < 1.29 is 14.3 Å². The molecule has 0 spiro atoms. The first-order valence-electron chi connectivity index (χ1n) is 7.94. The molecule has 3 rings (SSSR count). The molecule has 1 saturated heterocycles. The van der Waals surface area contributed by atoms with Crippen LogP contribution in [-0.2, 0) is 4.79 Å². The molecule has 0 bridgehead atoms. The highest BCUT2D eigenvalue weighted by atomic mass is 35.5. The van der Waals surface area contributed by atoms with Gasteiger partial charge in [-0.1, -0.05) is 29.4 Å². The molecule has 5 nitrogen and oxygen atoms in total. The number of nitrogens with one attached hydrogen (secondary N) is 2. The Kier molecular flexibility index (Phi) is 5.64. The fourth-order valence-electron chi connectivity index (χ4n) is 2.60. The molecule has 2 aromatic rings. The van der Waals surface area contributed by atoms with Crippen LogP contribution in [-0.4, -0.2) is 25.6 Å². The van der Waals surface area contributed by atoms with Crippen molar-refractivity contribution >= 4 is 41.0 Å². The van der Waals surface area contributed by atoms with E-state index in [0.29, 0.717) is 15.7 Å². The van der Waals surface area contributed by atoms with Crippen molar-refractivity contribution in [2.24, 2.45) is 0 Å². The van der Waals surface area contributed by atoms with E-state index in [-0.39, 0.29) is 11.4 Å². The average Bonchev–Trinajstić information content (AvgIpc) is 2.94. The summed E-state index contributed by atoms with van der Waals surface area (Å²) in [4.78, 5) is 12.9. The number of halogens is 1. The van der Waals surface area contributed by atoms with Crippen LogP contribution in [0.5, 0.6) is 11.5 Å². The number of amides is 1. The third-order valence-corrected chi connectivity index (χ3v) is 5.11. The molecule has 7 heteroatoms. The van der Waals surface area contributed by atoms with Crippen LogP contribution in [0.3, 0.4) is 0 Å². The van der Waals surface area contributed by atoms with Crippen molar-refractivity contribution in [2.75, 3.05) is 19.5 Å². The molecule has 0 aliphatic carbocycles. The van der Waals surface area contributed by atoms with Gasteiger partial charge in [-0.05, 0) is 48.9 Å². The Morgan fingerprint density at radius 3 is 2.62 bits per heavy atom. The summed E-state index contributed by atoms with van der Waals surface area (Å²) < 4.78 is 10.7. The Morgan fingerprint density at radius 2 is 1.88 bits per heavy atom. The number of rotatable bonds is 5. The predicted octanol–water partition coefficient (Wildman–Crippen LogP) is 4.27. The number of anilines is 1. The standard InChI is InChI=1S/C19H19ClN2O3S/c1-11-4-6-16(25-3)14(8-11)21-19-22-18(23)17(26-19)10-12-9-13(20)5-7-15(12)24-2/h4-10,19,21H,1-3H3,(H,22,23)/b17-10-. The van der Waals surface area contributed by atoms with Crippen molar-refractivity contribution in [1.82, 2.24) is 5.32 Å². The molecular formula is C19H19ClN2O3S. The van der Waals surface area contributed by atoms with Gasteiger partial charge in [-0.3, -0.25) is 4.79 Å². The lowest BCUT2D eigenvalue weighted by Gasteiger charge is -2.16. The quantitative estimate of drug-likeness (QED) is 0.747. The first kappa shape index (κ1) is 18.5. The average molecular weight is 391 g/mol. The van der Waals surface area contributed by atoms with Gasteiger partial charge in [-0.15, -0.1) is 0 Å². The maximum absolute atomic E-state index is 12.3. The van der Waals surface area contributed by atoms with Crippen molar-refractivity contribution in [3.05, 3.63) is 57.5 Å². The molecule has 0 aromatic heterocycles. The van der Waals surface area contributed by atoms with Gasteiger partial charge in [0.25, 0.3) is 5.91 Å². The first-order valence-corrected chi connectivity index (χ1v) is 9.20. The highest BCUT2D eigenvalue weighted by Gasteiger charge is 2.28. The summed E-state index contributed by atoms with van der Waals surface area (Å²) in [5.74, 6) is 1.23. The lowest BCUT2D eigenvalue weighted by molar-refractivity contribution is -0.116. The van der Waals surface area contributed by atoms with Crippen LogP contribution in [0.25, 0.3) is 6.08 Å². The van der Waals surface area contributed by atoms with Gasteiger partial charge >= 0.3 is 0 Å². The van der Waals surface area contributed by atoms with Crippen LogP contribution in [0.1, 0.15) is 11.1 Å². The van der Waals surface area contributed by atoms with Gasteiger partial charge in [0, 0.05) is 10.6 Å². The number of benzene rings is 2. The predicted molar refractivity (Wildman–Crippen MR) is 107 cm³/mol. The Balaban J connectivity index is 1.81. The fourth-order valence-corrected chi connectivity index (χ4v) is 3.75. The van der Waals surface area contributed by atoms with E-state index in [2.05, 4.69) is 10.6 Å². The van der Waals surface area contributed by atoms with Gasteiger partial charge in [0.2, 0.25) is 0 Å². The highest BCUT2D eigenvalue weighted by molar-refractivity contribution is 8.05. The monoisotopic (exact) mass is 390 g/mol. The minimum atomic E-state index is -0.297. The number of aryl methyl sites for hydroxylation is 1. The molecule has 1 atom stereocenters. The molecule has 1 amide bonds. The third-order valence-electron chi connectivity index (χ3n) is 3.85. The highest BCUT2D eigenvalue weighted by Crippen LogP contribution is 2.35. The fraction of sp³-hybridized carbons (Fsp3) is 0.211. The van der Waals surface area contributed by atoms with E-state index in [1.54, 1.807) is 38.5 Å². The minimum absolute atomic E-state index is 0.152. The molecule has 0 saturated carbocycles. The molecule has 1 aliphatic heterocycles. The summed E-state index contributed by atoms with van der Waals surface area (Å²) in [6.07, 6.45) is 1.78. The summed E-state index contributed by atoms with van der Waals surface area (Å²) in [6.45, 7) is 2.00. The third kappa shape index (κ3) is 4.08. The number of carbonyl (C=O) groups excluding carboxylic acids is 1. The van der Waals surface area contributed by atoms with E-state index < -0.39 is 0 Å². The molecule has 2 aromatic carbocycles. The zero-order valence-corrected chi connectivity index (χ0v) is 16.2. The number of thioether (sulfide) groups is 1. The van der Waals surface area contributed by atoms with Crippen LogP contribution >= 0.6 is 23.4 Å². The van der Waals surface area contributed by atoms with Gasteiger partial charge in [-0.25, -0.2) is 0 Å².